The van der Waals surface area contributed by atoms with Gasteiger partial charge in [0.15, 0.2) is 0 Å². The zero-order valence-corrected chi connectivity index (χ0v) is 35.6. The number of H-pyrrole nitrogens is 2. The Morgan fingerprint density at radius 1 is 0.294 bits per heavy atom. The standard InChI is InChI=1S/C56H34N8O4/c65-53-33(13-9-29-5-1-25-57-49(29)53)45-37-17-19-39(61-37)46(34-14-10-30-6-2-26-58-50(30)54(34)66)41-21-23-43(63-41)48(36-16-12-32-8-4-28-60-52(32)56(36)68)44-24-22-42(64-44)47(40-20-18-38(45)62-40)35-15-11-31-7-3-27-59-51(31)55(35)67/h1-28,61,64-68H. The Hall–Kier alpha value is -9.68. The molecule has 7 aromatic heterocycles. The van der Waals surface area contributed by atoms with Crippen LogP contribution in [0.2, 0.25) is 0 Å². The molecule has 8 bridgehead atoms. The number of nitrogens with zero attached hydrogens (tertiary/aromatic N) is 6. The Balaban J connectivity index is 1.22. The molecule has 0 fully saturated rings. The van der Waals surface area contributed by atoms with E-state index in [9.17, 15) is 20.4 Å². The van der Waals surface area contributed by atoms with Crippen molar-refractivity contribution in [2.75, 3.05) is 0 Å². The van der Waals surface area contributed by atoms with Gasteiger partial charge >= 0.3 is 0 Å². The van der Waals surface area contributed by atoms with Crippen LogP contribution >= 0.6 is 0 Å². The average Bonchev–Trinajstić information content (AvgIpc) is 4.23. The van der Waals surface area contributed by atoms with Gasteiger partial charge in [-0.1, -0.05) is 48.5 Å². The molecular weight excluding hydrogens is 849 g/mol. The third-order valence-electron chi connectivity index (χ3n) is 12.8. The van der Waals surface area contributed by atoms with Crippen LogP contribution in [-0.4, -0.2) is 60.3 Å². The molecular formula is C56H34N8O4. The van der Waals surface area contributed by atoms with Gasteiger partial charge in [-0.3, -0.25) is 19.9 Å². The molecule has 0 saturated heterocycles. The molecule has 2 aliphatic heterocycles. The molecule has 13 rings (SSSR count). The van der Waals surface area contributed by atoms with Crippen molar-refractivity contribution in [1.82, 2.24) is 39.9 Å². The van der Waals surface area contributed by atoms with E-state index in [4.69, 9.17) is 9.97 Å². The molecule has 0 atom stereocenters. The molecule has 322 valence electrons. The summed E-state index contributed by atoms with van der Waals surface area (Å²) >= 11 is 0. The first kappa shape index (κ1) is 38.8. The largest absolute Gasteiger partial charge is 0.505 e. The molecule has 0 unspecified atom stereocenters. The van der Waals surface area contributed by atoms with E-state index < -0.39 is 0 Å². The highest BCUT2D eigenvalue weighted by Crippen LogP contribution is 2.46. The first-order chi connectivity index (χ1) is 33.4. The highest BCUT2D eigenvalue weighted by atomic mass is 16.3. The van der Waals surface area contributed by atoms with Crippen LogP contribution in [0, 0.1) is 0 Å². The van der Waals surface area contributed by atoms with Gasteiger partial charge in [0.1, 0.15) is 45.1 Å². The van der Waals surface area contributed by atoms with Gasteiger partial charge in [0.05, 0.1) is 22.8 Å². The van der Waals surface area contributed by atoms with Gasteiger partial charge in [0.25, 0.3) is 0 Å². The van der Waals surface area contributed by atoms with Crippen LogP contribution in [0.25, 0.3) is 134 Å². The van der Waals surface area contributed by atoms with Crippen molar-refractivity contribution < 1.29 is 20.4 Å². The average molecular weight is 883 g/mol. The number of benzene rings is 4. The number of phenolic OH excluding ortho intramolecular Hbond substituents is 4. The quantitative estimate of drug-likeness (QED) is 0.0992. The lowest BCUT2D eigenvalue weighted by molar-refractivity contribution is 0.482. The van der Waals surface area contributed by atoms with Crippen LogP contribution in [0.1, 0.15) is 22.8 Å². The minimum Gasteiger partial charge on any atom is -0.505 e. The summed E-state index contributed by atoms with van der Waals surface area (Å²) in [4.78, 5) is 36.2. The monoisotopic (exact) mass is 882 g/mol. The Labute approximate surface area is 385 Å². The normalized spacial score (nSPS) is 12.2. The molecule has 9 heterocycles. The fourth-order valence-corrected chi connectivity index (χ4v) is 9.66. The number of fused-ring (bicyclic) bond motifs is 12. The van der Waals surface area contributed by atoms with Crippen molar-refractivity contribution in [3.8, 4) is 67.5 Å². The number of hydrogen-bond donors (Lipinski definition) is 6. The molecule has 0 aliphatic carbocycles. The van der Waals surface area contributed by atoms with Gasteiger partial charge in [-0.15, -0.1) is 0 Å². The van der Waals surface area contributed by atoms with E-state index in [1.807, 2.05) is 146 Å². The lowest BCUT2D eigenvalue weighted by atomic mass is 10.00. The first-order valence-corrected chi connectivity index (χ1v) is 21.8. The first-order valence-electron chi connectivity index (χ1n) is 21.8. The summed E-state index contributed by atoms with van der Waals surface area (Å²) in [7, 11) is 0. The number of nitrogens with one attached hydrogen (secondary N) is 2. The zero-order valence-electron chi connectivity index (χ0n) is 35.6. The third-order valence-corrected chi connectivity index (χ3v) is 12.8. The number of phenols is 4. The smallest absolute Gasteiger partial charge is 0.149 e. The summed E-state index contributed by atoms with van der Waals surface area (Å²) in [6.45, 7) is 0. The van der Waals surface area contributed by atoms with Gasteiger partial charge in [-0.05, 0) is 97.1 Å². The highest BCUT2D eigenvalue weighted by Gasteiger charge is 2.24. The lowest BCUT2D eigenvalue weighted by Crippen LogP contribution is -1.92. The second-order valence-electron chi connectivity index (χ2n) is 16.7. The van der Waals surface area contributed by atoms with E-state index in [1.54, 1.807) is 24.8 Å². The van der Waals surface area contributed by atoms with Crippen molar-refractivity contribution in [3.05, 3.63) is 169 Å². The SMILES string of the molecule is Oc1c(-c2c3nc(c(-c4ccc5cccnc5c4O)c4ccc([nH]4)c(-c4ccc5cccnc5c4O)c4nc(c(-c5ccc6cccnc6c5O)c5ccc2[nH]5)C=C4)C=C3)ccc2cccnc12. The maximum absolute atomic E-state index is 12.1. The molecule has 4 aromatic carbocycles. The second-order valence-corrected chi connectivity index (χ2v) is 16.7. The van der Waals surface area contributed by atoms with Gasteiger partial charge in [0, 0.05) is 113 Å². The summed E-state index contributed by atoms with van der Waals surface area (Å²) in [5.41, 5.74) is 10.4. The summed E-state index contributed by atoms with van der Waals surface area (Å²) in [5.74, 6) is -0.0938. The third kappa shape index (κ3) is 5.94. The minimum absolute atomic E-state index is 0.0235. The van der Waals surface area contributed by atoms with E-state index in [0.717, 1.165) is 21.5 Å². The number of pyridine rings is 4. The van der Waals surface area contributed by atoms with Crippen LogP contribution in [0.15, 0.2) is 146 Å². The van der Waals surface area contributed by atoms with Crippen LogP contribution < -0.4 is 0 Å². The van der Waals surface area contributed by atoms with Crippen molar-refractivity contribution in [1.29, 1.82) is 0 Å². The molecule has 0 radical (unpaired) electrons. The van der Waals surface area contributed by atoms with Gasteiger partial charge in [-0.25, -0.2) is 9.97 Å². The van der Waals surface area contributed by atoms with Crippen molar-refractivity contribution in [3.63, 3.8) is 0 Å². The predicted octanol–water partition coefficient (Wildman–Crippen LogP) is 12.3. The molecule has 0 amide bonds. The van der Waals surface area contributed by atoms with Crippen LogP contribution in [0.3, 0.4) is 0 Å². The number of aromatic hydroxyl groups is 4. The van der Waals surface area contributed by atoms with E-state index in [0.29, 0.717) is 111 Å². The van der Waals surface area contributed by atoms with E-state index >= 15 is 0 Å². The topological polar surface area (TPSA) is 190 Å². The van der Waals surface area contributed by atoms with E-state index in [2.05, 4.69) is 29.9 Å². The molecule has 11 aromatic rings. The van der Waals surface area contributed by atoms with Crippen molar-refractivity contribution >= 4 is 90.0 Å². The van der Waals surface area contributed by atoms with Gasteiger partial charge in [-0.2, -0.15) is 0 Å². The second kappa shape index (κ2) is 14.9. The van der Waals surface area contributed by atoms with E-state index in [-0.39, 0.29) is 23.0 Å². The maximum atomic E-state index is 12.1. The molecule has 12 heteroatoms. The Morgan fingerprint density at radius 2 is 0.544 bits per heavy atom. The van der Waals surface area contributed by atoms with Crippen LogP contribution in [-0.2, 0) is 0 Å². The molecule has 6 N–H and O–H groups in total. The summed E-state index contributed by atoms with van der Waals surface area (Å²) in [6.07, 6.45) is 14.1. The molecule has 68 heavy (non-hydrogen) atoms. The highest BCUT2D eigenvalue weighted by molar-refractivity contribution is 6.06. The Bertz CT molecular complexity index is 3700. The zero-order chi connectivity index (χ0) is 45.6. The van der Waals surface area contributed by atoms with Crippen molar-refractivity contribution in [2.24, 2.45) is 0 Å². The number of hydrogen-bond acceptors (Lipinski definition) is 10. The molecule has 2 aliphatic rings. The molecule has 12 nitrogen and oxygen atoms in total. The summed E-state index contributed by atoms with van der Waals surface area (Å²) in [6, 6.07) is 37.6. The van der Waals surface area contributed by atoms with Crippen molar-refractivity contribution in [2.45, 2.75) is 0 Å². The molecule has 0 spiro atoms. The maximum Gasteiger partial charge on any atom is 0.149 e. The number of aromatic amines is 2. The fourth-order valence-electron chi connectivity index (χ4n) is 9.66. The Morgan fingerprint density at radius 3 is 0.794 bits per heavy atom. The molecule has 0 saturated carbocycles. The number of rotatable bonds is 4. The lowest BCUT2D eigenvalue weighted by Gasteiger charge is -2.11. The summed E-state index contributed by atoms with van der Waals surface area (Å²) in [5, 5.41) is 51.4. The van der Waals surface area contributed by atoms with Gasteiger partial charge < -0.3 is 30.4 Å². The van der Waals surface area contributed by atoms with Crippen LogP contribution in [0.5, 0.6) is 23.0 Å². The van der Waals surface area contributed by atoms with Gasteiger partial charge in [0.2, 0.25) is 0 Å². The number of aromatic nitrogens is 8. The Kier molecular flexibility index (Phi) is 8.51. The summed E-state index contributed by atoms with van der Waals surface area (Å²) < 4.78 is 0. The van der Waals surface area contributed by atoms with E-state index in [1.165, 1.54) is 0 Å². The fraction of sp³-hybridized carbons (Fsp3) is 0. The predicted molar refractivity (Wildman–Crippen MR) is 268 cm³/mol. The van der Waals surface area contributed by atoms with Crippen LogP contribution in [0.4, 0.5) is 0 Å². The minimum atomic E-state index is -0.0235.